The van der Waals surface area contributed by atoms with E-state index in [4.69, 9.17) is 9.47 Å². The highest BCUT2D eigenvalue weighted by atomic mass is 16.5. The molecule has 0 aliphatic heterocycles. The van der Waals surface area contributed by atoms with Crippen molar-refractivity contribution in [2.45, 2.75) is 12.8 Å². The highest BCUT2D eigenvalue weighted by molar-refractivity contribution is 5.86. The number of amides is 2. The minimum atomic E-state index is -0.456. The van der Waals surface area contributed by atoms with Gasteiger partial charge in [0.1, 0.15) is 5.75 Å². The van der Waals surface area contributed by atoms with Crippen molar-refractivity contribution in [3.8, 4) is 5.75 Å². The number of hydrogen-bond acceptors (Lipinski definition) is 5. The Morgan fingerprint density at radius 1 is 1.17 bits per heavy atom. The van der Waals surface area contributed by atoms with Gasteiger partial charge in [-0.1, -0.05) is 12.1 Å². The molecule has 0 radical (unpaired) electrons. The van der Waals surface area contributed by atoms with Gasteiger partial charge in [0.25, 0.3) is 5.91 Å². The zero-order valence-electron chi connectivity index (χ0n) is 13.6. The Balaban J connectivity index is 2.30. The summed E-state index contributed by atoms with van der Waals surface area (Å²) in [4.78, 5) is 35.7. The first-order valence-corrected chi connectivity index (χ1v) is 7.19. The SMILES string of the molecule is CNC(=O)CN(C)C(=O)COC(=O)CCc1ccc(OC)cc1. The summed E-state index contributed by atoms with van der Waals surface area (Å²) in [6.45, 7) is -0.437. The molecule has 126 valence electrons. The lowest BCUT2D eigenvalue weighted by atomic mass is 10.1. The fourth-order valence-corrected chi connectivity index (χ4v) is 1.75. The molecule has 1 rings (SSSR count). The molecule has 1 N–H and O–H groups in total. The fourth-order valence-electron chi connectivity index (χ4n) is 1.75. The summed E-state index contributed by atoms with van der Waals surface area (Å²) >= 11 is 0. The monoisotopic (exact) mass is 322 g/mol. The highest BCUT2D eigenvalue weighted by Crippen LogP contribution is 2.12. The maximum absolute atomic E-state index is 11.7. The molecular formula is C16H22N2O5. The van der Waals surface area contributed by atoms with Crippen LogP contribution in [0, 0.1) is 0 Å². The van der Waals surface area contributed by atoms with E-state index < -0.39 is 11.9 Å². The first kappa shape index (κ1) is 18.5. The van der Waals surface area contributed by atoms with Crippen molar-refractivity contribution in [1.82, 2.24) is 10.2 Å². The number of rotatable bonds is 8. The van der Waals surface area contributed by atoms with Crippen LogP contribution < -0.4 is 10.1 Å². The second-order valence-electron chi connectivity index (χ2n) is 4.93. The van der Waals surface area contributed by atoms with E-state index in [2.05, 4.69) is 5.32 Å². The number of methoxy groups -OCH3 is 1. The molecular weight excluding hydrogens is 300 g/mol. The van der Waals surface area contributed by atoms with Crippen molar-refractivity contribution in [1.29, 1.82) is 0 Å². The summed E-state index contributed by atoms with van der Waals surface area (Å²) in [6.07, 6.45) is 0.698. The van der Waals surface area contributed by atoms with Gasteiger partial charge in [0, 0.05) is 20.5 Å². The molecule has 7 heteroatoms. The lowest BCUT2D eigenvalue weighted by molar-refractivity contribution is -0.151. The third-order valence-electron chi connectivity index (χ3n) is 3.22. The maximum atomic E-state index is 11.7. The van der Waals surface area contributed by atoms with E-state index in [1.807, 2.05) is 24.3 Å². The van der Waals surface area contributed by atoms with Crippen molar-refractivity contribution in [2.75, 3.05) is 34.4 Å². The molecule has 0 aliphatic carbocycles. The zero-order valence-corrected chi connectivity index (χ0v) is 13.6. The second-order valence-corrected chi connectivity index (χ2v) is 4.93. The molecule has 0 bridgehead atoms. The Kier molecular flexibility index (Phi) is 7.59. The normalized spacial score (nSPS) is 9.87. The zero-order chi connectivity index (χ0) is 17.2. The molecule has 1 aromatic carbocycles. The van der Waals surface area contributed by atoms with Crippen LogP contribution in [-0.4, -0.2) is 57.0 Å². The number of nitrogens with one attached hydrogen (secondary N) is 1. The molecule has 1 aromatic rings. The van der Waals surface area contributed by atoms with Gasteiger partial charge in [-0.2, -0.15) is 0 Å². The van der Waals surface area contributed by atoms with Crippen molar-refractivity contribution in [2.24, 2.45) is 0 Å². The summed E-state index contributed by atoms with van der Waals surface area (Å²) < 4.78 is 9.98. The van der Waals surface area contributed by atoms with E-state index in [0.717, 1.165) is 11.3 Å². The molecule has 2 amide bonds. The molecule has 0 unspecified atom stereocenters. The molecule has 0 heterocycles. The lowest BCUT2D eigenvalue weighted by Gasteiger charge is -2.15. The summed E-state index contributed by atoms with van der Waals surface area (Å²) in [7, 11) is 4.55. The number of carbonyl (C=O) groups is 3. The minimum Gasteiger partial charge on any atom is -0.497 e. The number of likely N-dealkylation sites (N-methyl/N-ethyl adjacent to an activating group) is 2. The maximum Gasteiger partial charge on any atom is 0.306 e. The number of ether oxygens (including phenoxy) is 2. The predicted octanol–water partition coefficient (Wildman–Crippen LogP) is 0.375. The number of carbonyl (C=O) groups excluding carboxylic acids is 3. The Morgan fingerprint density at radius 2 is 1.83 bits per heavy atom. The van der Waals surface area contributed by atoms with Crippen LogP contribution in [0.3, 0.4) is 0 Å². The largest absolute Gasteiger partial charge is 0.497 e. The van der Waals surface area contributed by atoms with Crippen LogP contribution in [0.5, 0.6) is 5.75 Å². The highest BCUT2D eigenvalue weighted by Gasteiger charge is 2.14. The van der Waals surface area contributed by atoms with Crippen LogP contribution >= 0.6 is 0 Å². The van der Waals surface area contributed by atoms with Crippen molar-refractivity contribution < 1.29 is 23.9 Å². The first-order chi connectivity index (χ1) is 11.0. The summed E-state index contributed by atoms with van der Waals surface area (Å²) in [5.74, 6) is -0.415. The molecule has 0 spiro atoms. The standard InChI is InChI=1S/C16H22N2O5/c1-17-14(19)10-18(2)15(20)11-23-16(21)9-6-12-4-7-13(22-3)8-5-12/h4-5,7-8H,6,9-11H2,1-3H3,(H,17,19). The topological polar surface area (TPSA) is 84.9 Å². The van der Waals surface area contributed by atoms with Crippen LogP contribution in [-0.2, 0) is 25.5 Å². The van der Waals surface area contributed by atoms with E-state index in [0.29, 0.717) is 6.42 Å². The van der Waals surface area contributed by atoms with Gasteiger partial charge in [-0.25, -0.2) is 0 Å². The molecule has 23 heavy (non-hydrogen) atoms. The number of esters is 1. The molecule has 0 saturated carbocycles. The van der Waals surface area contributed by atoms with Gasteiger partial charge < -0.3 is 19.7 Å². The van der Waals surface area contributed by atoms with Crippen LogP contribution in [0.25, 0.3) is 0 Å². The average Bonchev–Trinajstić information content (AvgIpc) is 2.57. The van der Waals surface area contributed by atoms with E-state index >= 15 is 0 Å². The van der Waals surface area contributed by atoms with Gasteiger partial charge in [0.15, 0.2) is 6.61 Å². The van der Waals surface area contributed by atoms with E-state index in [9.17, 15) is 14.4 Å². The number of benzene rings is 1. The Hall–Kier alpha value is -2.57. The summed E-state index contributed by atoms with van der Waals surface area (Å²) in [6, 6.07) is 7.37. The third-order valence-corrected chi connectivity index (χ3v) is 3.22. The quantitative estimate of drug-likeness (QED) is 0.699. The van der Waals surface area contributed by atoms with Crippen molar-refractivity contribution >= 4 is 17.8 Å². The van der Waals surface area contributed by atoms with Gasteiger partial charge in [-0.05, 0) is 24.1 Å². The Bertz CT molecular complexity index is 542. The van der Waals surface area contributed by atoms with Crippen LogP contribution in [0.2, 0.25) is 0 Å². The van der Waals surface area contributed by atoms with Crippen LogP contribution in [0.1, 0.15) is 12.0 Å². The number of hydrogen-bond donors (Lipinski definition) is 1. The molecule has 0 fully saturated rings. The Morgan fingerprint density at radius 3 is 2.39 bits per heavy atom. The van der Waals surface area contributed by atoms with Gasteiger partial charge in [-0.15, -0.1) is 0 Å². The molecule has 7 nitrogen and oxygen atoms in total. The van der Waals surface area contributed by atoms with Gasteiger partial charge >= 0.3 is 5.97 Å². The second kappa shape index (κ2) is 9.45. The lowest BCUT2D eigenvalue weighted by Crippen LogP contribution is -2.39. The predicted molar refractivity (Wildman–Crippen MR) is 84.0 cm³/mol. The molecule has 0 saturated heterocycles. The molecule has 0 atom stereocenters. The van der Waals surface area contributed by atoms with E-state index in [1.165, 1.54) is 19.0 Å². The average molecular weight is 322 g/mol. The first-order valence-electron chi connectivity index (χ1n) is 7.19. The van der Waals surface area contributed by atoms with Gasteiger partial charge in [0.05, 0.1) is 13.7 Å². The minimum absolute atomic E-state index is 0.0707. The van der Waals surface area contributed by atoms with E-state index in [-0.39, 0.29) is 25.5 Å². The fraction of sp³-hybridized carbons (Fsp3) is 0.438. The Labute approximate surface area is 135 Å². The summed E-state index contributed by atoms with van der Waals surface area (Å²) in [5.41, 5.74) is 0.978. The van der Waals surface area contributed by atoms with E-state index in [1.54, 1.807) is 7.11 Å². The van der Waals surface area contributed by atoms with Crippen LogP contribution in [0.15, 0.2) is 24.3 Å². The van der Waals surface area contributed by atoms with Gasteiger partial charge in [0.2, 0.25) is 5.91 Å². The smallest absolute Gasteiger partial charge is 0.306 e. The number of aryl methyl sites for hydroxylation is 1. The van der Waals surface area contributed by atoms with Crippen LogP contribution in [0.4, 0.5) is 0 Å². The summed E-state index contributed by atoms with van der Waals surface area (Å²) in [5, 5.41) is 2.41. The van der Waals surface area contributed by atoms with Crippen molar-refractivity contribution in [3.05, 3.63) is 29.8 Å². The third kappa shape index (κ3) is 6.82. The number of nitrogens with zero attached hydrogens (tertiary/aromatic N) is 1. The molecule has 0 aromatic heterocycles. The molecule has 0 aliphatic rings. The van der Waals surface area contributed by atoms with Gasteiger partial charge in [-0.3, -0.25) is 14.4 Å². The van der Waals surface area contributed by atoms with Crippen molar-refractivity contribution in [3.63, 3.8) is 0 Å².